The SMILES string of the molecule is Cc1ccc(C(=O)N[C@@H]2CCC[C@@H]2C(N)=O)cc1N1CCNC1=O. The Morgan fingerprint density at radius 3 is 2.79 bits per heavy atom. The van der Waals surface area contributed by atoms with Crippen LogP contribution < -0.4 is 21.3 Å². The molecule has 1 saturated carbocycles. The van der Waals surface area contributed by atoms with Crippen molar-refractivity contribution < 1.29 is 14.4 Å². The summed E-state index contributed by atoms with van der Waals surface area (Å²) in [5.41, 5.74) is 7.54. The number of aryl methyl sites for hydroxylation is 1. The summed E-state index contributed by atoms with van der Waals surface area (Å²) in [5, 5.41) is 5.67. The molecule has 1 aromatic carbocycles. The van der Waals surface area contributed by atoms with Gasteiger partial charge >= 0.3 is 6.03 Å². The van der Waals surface area contributed by atoms with Crippen LogP contribution in [0.2, 0.25) is 0 Å². The van der Waals surface area contributed by atoms with Crippen molar-refractivity contribution in [3.05, 3.63) is 29.3 Å². The second kappa shape index (κ2) is 6.51. The molecule has 3 rings (SSSR count). The molecule has 0 aromatic heterocycles. The van der Waals surface area contributed by atoms with E-state index in [1.165, 1.54) is 0 Å². The molecule has 1 heterocycles. The van der Waals surface area contributed by atoms with E-state index in [0.29, 0.717) is 25.1 Å². The van der Waals surface area contributed by atoms with Crippen molar-refractivity contribution in [2.75, 3.05) is 18.0 Å². The summed E-state index contributed by atoms with van der Waals surface area (Å²) in [6.07, 6.45) is 2.35. The minimum absolute atomic E-state index is 0.153. The molecule has 4 amide bonds. The number of carbonyl (C=O) groups excluding carboxylic acids is 3. The van der Waals surface area contributed by atoms with Gasteiger partial charge < -0.3 is 16.4 Å². The van der Waals surface area contributed by atoms with Crippen molar-refractivity contribution in [3.63, 3.8) is 0 Å². The van der Waals surface area contributed by atoms with Crippen LogP contribution in [0.15, 0.2) is 18.2 Å². The van der Waals surface area contributed by atoms with E-state index in [0.717, 1.165) is 24.1 Å². The normalized spacial score (nSPS) is 23.2. The average Bonchev–Trinajstić information content (AvgIpc) is 3.16. The van der Waals surface area contributed by atoms with Gasteiger partial charge in [-0.3, -0.25) is 14.5 Å². The van der Waals surface area contributed by atoms with E-state index in [4.69, 9.17) is 5.73 Å². The Morgan fingerprint density at radius 2 is 2.12 bits per heavy atom. The number of hydrogen-bond donors (Lipinski definition) is 3. The van der Waals surface area contributed by atoms with Crippen LogP contribution >= 0.6 is 0 Å². The fraction of sp³-hybridized carbons (Fsp3) is 0.471. The third kappa shape index (κ3) is 3.06. The van der Waals surface area contributed by atoms with Gasteiger partial charge in [0.15, 0.2) is 0 Å². The van der Waals surface area contributed by atoms with Crippen molar-refractivity contribution in [2.45, 2.75) is 32.2 Å². The van der Waals surface area contributed by atoms with E-state index >= 15 is 0 Å². The Bertz CT molecular complexity index is 688. The largest absolute Gasteiger partial charge is 0.369 e. The molecule has 2 fully saturated rings. The minimum atomic E-state index is -0.365. The van der Waals surface area contributed by atoms with E-state index in [9.17, 15) is 14.4 Å². The van der Waals surface area contributed by atoms with Crippen LogP contribution in [0.4, 0.5) is 10.5 Å². The summed E-state index contributed by atoms with van der Waals surface area (Å²) >= 11 is 0. The number of nitrogens with two attached hydrogens (primary N) is 1. The Hall–Kier alpha value is -2.57. The van der Waals surface area contributed by atoms with E-state index in [1.54, 1.807) is 17.0 Å². The first-order valence-electron chi connectivity index (χ1n) is 8.23. The zero-order chi connectivity index (χ0) is 17.3. The first-order valence-corrected chi connectivity index (χ1v) is 8.23. The van der Waals surface area contributed by atoms with Crippen LogP contribution in [0.1, 0.15) is 35.2 Å². The molecule has 2 aliphatic rings. The second-order valence-electron chi connectivity index (χ2n) is 6.40. The molecule has 1 saturated heterocycles. The number of nitrogens with one attached hydrogen (secondary N) is 2. The number of primary amides is 1. The van der Waals surface area contributed by atoms with Crippen LogP contribution in [-0.4, -0.2) is 37.0 Å². The lowest BCUT2D eigenvalue weighted by Gasteiger charge is -2.20. The van der Waals surface area contributed by atoms with Crippen LogP contribution in [0.5, 0.6) is 0 Å². The molecule has 7 nitrogen and oxygen atoms in total. The molecule has 4 N–H and O–H groups in total. The highest BCUT2D eigenvalue weighted by Crippen LogP contribution is 2.27. The highest BCUT2D eigenvalue weighted by Gasteiger charge is 2.33. The lowest BCUT2D eigenvalue weighted by molar-refractivity contribution is -0.122. The number of anilines is 1. The summed E-state index contributed by atoms with van der Waals surface area (Å²) in [6.45, 7) is 3.08. The fourth-order valence-corrected chi connectivity index (χ4v) is 3.47. The first-order chi connectivity index (χ1) is 11.5. The first kappa shape index (κ1) is 16.3. The van der Waals surface area contributed by atoms with Crippen molar-refractivity contribution in [2.24, 2.45) is 11.7 Å². The minimum Gasteiger partial charge on any atom is -0.369 e. The zero-order valence-corrected chi connectivity index (χ0v) is 13.7. The summed E-state index contributed by atoms with van der Waals surface area (Å²) in [6, 6.07) is 4.92. The highest BCUT2D eigenvalue weighted by atomic mass is 16.2. The average molecular weight is 330 g/mol. The Balaban J connectivity index is 1.78. The number of rotatable bonds is 4. The van der Waals surface area contributed by atoms with Crippen molar-refractivity contribution in [3.8, 4) is 0 Å². The fourth-order valence-electron chi connectivity index (χ4n) is 3.47. The third-order valence-corrected chi connectivity index (χ3v) is 4.82. The molecule has 1 aliphatic heterocycles. The molecule has 128 valence electrons. The van der Waals surface area contributed by atoms with Crippen LogP contribution in [0.3, 0.4) is 0 Å². The van der Waals surface area contributed by atoms with E-state index in [-0.39, 0.29) is 29.8 Å². The van der Waals surface area contributed by atoms with Gasteiger partial charge in [0.05, 0.1) is 5.92 Å². The van der Waals surface area contributed by atoms with Gasteiger partial charge in [-0.25, -0.2) is 4.79 Å². The maximum Gasteiger partial charge on any atom is 0.322 e. The lowest BCUT2D eigenvalue weighted by Crippen LogP contribution is -2.42. The van der Waals surface area contributed by atoms with Gasteiger partial charge in [0.25, 0.3) is 5.91 Å². The molecular weight excluding hydrogens is 308 g/mol. The molecule has 0 radical (unpaired) electrons. The molecule has 7 heteroatoms. The molecule has 24 heavy (non-hydrogen) atoms. The van der Waals surface area contributed by atoms with E-state index < -0.39 is 0 Å². The predicted octanol–water partition coefficient (Wildman–Crippen LogP) is 0.908. The van der Waals surface area contributed by atoms with Gasteiger partial charge in [0.1, 0.15) is 0 Å². The molecule has 2 atom stereocenters. The number of hydrogen-bond acceptors (Lipinski definition) is 3. The lowest BCUT2D eigenvalue weighted by atomic mass is 10.0. The van der Waals surface area contributed by atoms with Crippen molar-refractivity contribution in [1.29, 1.82) is 0 Å². The smallest absolute Gasteiger partial charge is 0.322 e. The Kier molecular flexibility index (Phi) is 4.42. The third-order valence-electron chi connectivity index (χ3n) is 4.82. The molecule has 1 aliphatic carbocycles. The topological polar surface area (TPSA) is 105 Å². The van der Waals surface area contributed by atoms with Crippen molar-refractivity contribution >= 4 is 23.5 Å². The Morgan fingerprint density at radius 1 is 1.33 bits per heavy atom. The van der Waals surface area contributed by atoms with E-state index in [1.807, 2.05) is 13.0 Å². The summed E-state index contributed by atoms with van der Waals surface area (Å²) in [4.78, 5) is 37.5. The monoisotopic (exact) mass is 330 g/mol. The van der Waals surface area contributed by atoms with Gasteiger partial charge in [0, 0.05) is 30.4 Å². The number of nitrogens with zero attached hydrogens (tertiary/aromatic N) is 1. The quantitative estimate of drug-likeness (QED) is 0.764. The highest BCUT2D eigenvalue weighted by molar-refractivity contribution is 5.99. The van der Waals surface area contributed by atoms with Crippen LogP contribution in [0, 0.1) is 12.8 Å². The van der Waals surface area contributed by atoms with Crippen LogP contribution in [-0.2, 0) is 4.79 Å². The second-order valence-corrected chi connectivity index (χ2v) is 6.40. The number of benzene rings is 1. The zero-order valence-electron chi connectivity index (χ0n) is 13.7. The summed E-state index contributed by atoms with van der Waals surface area (Å²) < 4.78 is 0. The van der Waals surface area contributed by atoms with Gasteiger partial charge in [-0.2, -0.15) is 0 Å². The summed E-state index contributed by atoms with van der Waals surface area (Å²) in [5.74, 6) is -0.909. The Labute approximate surface area is 140 Å². The standard InChI is InChI=1S/C17H22N4O3/c1-10-5-6-11(9-14(10)21-8-7-19-17(21)24)16(23)20-13-4-2-3-12(13)15(18)22/h5-6,9,12-13H,2-4,7-8H2,1H3,(H2,18,22)(H,19,24)(H,20,23)/t12-,13+/m0/s1. The van der Waals surface area contributed by atoms with Crippen molar-refractivity contribution in [1.82, 2.24) is 10.6 Å². The molecular formula is C17H22N4O3. The molecule has 0 spiro atoms. The van der Waals surface area contributed by atoms with E-state index in [2.05, 4.69) is 10.6 Å². The summed E-state index contributed by atoms with van der Waals surface area (Å²) in [7, 11) is 0. The van der Waals surface area contributed by atoms with Gasteiger partial charge in [-0.15, -0.1) is 0 Å². The number of amides is 4. The maximum atomic E-state index is 12.5. The van der Waals surface area contributed by atoms with Gasteiger partial charge in [0.2, 0.25) is 5.91 Å². The van der Waals surface area contributed by atoms with Gasteiger partial charge in [-0.1, -0.05) is 12.5 Å². The maximum absolute atomic E-state index is 12.5. The predicted molar refractivity (Wildman–Crippen MR) is 89.7 cm³/mol. The number of carbonyl (C=O) groups is 3. The van der Waals surface area contributed by atoms with Gasteiger partial charge in [-0.05, 0) is 37.5 Å². The molecule has 0 unspecified atom stereocenters. The van der Waals surface area contributed by atoms with Crippen LogP contribution in [0.25, 0.3) is 0 Å². The number of urea groups is 1. The molecule has 1 aromatic rings. The molecule has 0 bridgehead atoms.